The van der Waals surface area contributed by atoms with Crippen molar-refractivity contribution in [2.75, 3.05) is 31.3 Å². The minimum Gasteiger partial charge on any atom is -0.394 e. The summed E-state index contributed by atoms with van der Waals surface area (Å²) < 4.78 is 5.22. The molecule has 2 aliphatic heterocycles. The van der Waals surface area contributed by atoms with Crippen molar-refractivity contribution in [1.82, 2.24) is 4.90 Å². The van der Waals surface area contributed by atoms with Crippen molar-refractivity contribution in [3.63, 3.8) is 0 Å². The van der Waals surface area contributed by atoms with E-state index in [9.17, 15) is 14.7 Å². The summed E-state index contributed by atoms with van der Waals surface area (Å²) in [4.78, 5) is 24.9. The van der Waals surface area contributed by atoms with Crippen LogP contribution in [0.5, 0.6) is 0 Å². The topological polar surface area (TPSA) is 66.8 Å². The quantitative estimate of drug-likeness (QED) is 0.672. The Balaban J connectivity index is 2.23. The summed E-state index contributed by atoms with van der Waals surface area (Å²) in [5, 5.41) is 9.52. The molecule has 16 heavy (non-hydrogen) atoms. The zero-order chi connectivity index (χ0) is 11.6. The van der Waals surface area contributed by atoms with Gasteiger partial charge in [0.15, 0.2) is 0 Å². The van der Waals surface area contributed by atoms with Crippen LogP contribution in [0.15, 0.2) is 0 Å². The molecule has 0 aromatic carbocycles. The number of imide groups is 1. The van der Waals surface area contributed by atoms with E-state index in [1.807, 2.05) is 0 Å². The van der Waals surface area contributed by atoms with Gasteiger partial charge < -0.3 is 9.84 Å². The number of hydrogen-bond acceptors (Lipinski definition) is 5. The average Bonchev–Trinajstić information content (AvgIpc) is 2.30. The standard InChI is InChI=1S/C10H15NO4S/c12-7-10(1-3-15-4-2-10)11-8(13)5-16-6-9(11)14/h12H,1-7H2. The third-order valence-electron chi connectivity index (χ3n) is 3.14. The third-order valence-corrected chi connectivity index (χ3v) is 4.04. The first-order valence-electron chi connectivity index (χ1n) is 5.32. The second-order valence-corrected chi connectivity index (χ2v) is 5.10. The van der Waals surface area contributed by atoms with Gasteiger partial charge in [0.2, 0.25) is 11.8 Å². The first-order valence-corrected chi connectivity index (χ1v) is 6.47. The number of nitrogens with zero attached hydrogens (tertiary/aromatic N) is 1. The van der Waals surface area contributed by atoms with Crippen molar-refractivity contribution in [2.24, 2.45) is 0 Å². The van der Waals surface area contributed by atoms with Crippen molar-refractivity contribution >= 4 is 23.6 Å². The van der Waals surface area contributed by atoms with Crippen LogP contribution in [-0.4, -0.2) is 58.7 Å². The fourth-order valence-electron chi connectivity index (χ4n) is 2.23. The molecule has 0 aliphatic carbocycles. The molecule has 0 radical (unpaired) electrons. The van der Waals surface area contributed by atoms with Gasteiger partial charge in [-0.05, 0) is 12.8 Å². The second-order valence-electron chi connectivity index (χ2n) is 4.11. The van der Waals surface area contributed by atoms with Crippen LogP contribution in [-0.2, 0) is 14.3 Å². The number of amides is 2. The number of thioether (sulfide) groups is 1. The molecule has 2 heterocycles. The molecule has 2 fully saturated rings. The van der Waals surface area contributed by atoms with Gasteiger partial charge in [0, 0.05) is 13.2 Å². The molecule has 0 atom stereocenters. The summed E-state index contributed by atoms with van der Waals surface area (Å²) in [5.41, 5.74) is -0.715. The first-order chi connectivity index (χ1) is 7.69. The summed E-state index contributed by atoms with van der Waals surface area (Å²) in [6.45, 7) is 0.814. The first kappa shape index (κ1) is 11.9. The van der Waals surface area contributed by atoms with Crippen molar-refractivity contribution in [1.29, 1.82) is 0 Å². The Morgan fingerprint density at radius 3 is 2.31 bits per heavy atom. The van der Waals surface area contributed by atoms with E-state index < -0.39 is 5.54 Å². The lowest BCUT2D eigenvalue weighted by Crippen LogP contribution is -2.61. The molecule has 2 rings (SSSR count). The van der Waals surface area contributed by atoms with Gasteiger partial charge >= 0.3 is 0 Å². The molecular formula is C10H15NO4S. The van der Waals surface area contributed by atoms with Gasteiger partial charge in [0.25, 0.3) is 0 Å². The van der Waals surface area contributed by atoms with Gasteiger partial charge in [-0.1, -0.05) is 0 Å². The summed E-state index contributed by atoms with van der Waals surface area (Å²) >= 11 is 1.33. The monoisotopic (exact) mass is 245 g/mol. The highest BCUT2D eigenvalue weighted by Crippen LogP contribution is 2.31. The van der Waals surface area contributed by atoms with Crippen molar-refractivity contribution in [3.8, 4) is 0 Å². The molecule has 0 bridgehead atoms. The van der Waals surface area contributed by atoms with Crippen LogP contribution in [0.2, 0.25) is 0 Å². The van der Waals surface area contributed by atoms with Gasteiger partial charge in [0.05, 0.1) is 23.7 Å². The second kappa shape index (κ2) is 4.73. The molecule has 0 spiro atoms. The molecular weight excluding hydrogens is 230 g/mol. The number of carbonyl (C=O) groups excluding carboxylic acids is 2. The van der Waals surface area contributed by atoms with E-state index in [2.05, 4.69) is 0 Å². The summed E-state index contributed by atoms with van der Waals surface area (Å²) in [6.07, 6.45) is 1.07. The highest BCUT2D eigenvalue weighted by atomic mass is 32.2. The zero-order valence-corrected chi connectivity index (χ0v) is 9.79. The lowest BCUT2D eigenvalue weighted by Gasteiger charge is -2.45. The van der Waals surface area contributed by atoms with Crippen LogP contribution in [0, 0.1) is 0 Å². The Morgan fingerprint density at radius 1 is 1.25 bits per heavy atom. The minimum atomic E-state index is -0.715. The smallest absolute Gasteiger partial charge is 0.239 e. The summed E-state index contributed by atoms with van der Waals surface area (Å²) in [7, 11) is 0. The van der Waals surface area contributed by atoms with E-state index in [1.54, 1.807) is 0 Å². The fourth-order valence-corrected chi connectivity index (χ4v) is 2.94. The van der Waals surface area contributed by atoms with Crippen LogP contribution < -0.4 is 0 Å². The molecule has 0 aromatic heterocycles. The fraction of sp³-hybridized carbons (Fsp3) is 0.800. The number of carbonyl (C=O) groups is 2. The van der Waals surface area contributed by atoms with E-state index in [4.69, 9.17) is 4.74 Å². The van der Waals surface area contributed by atoms with Crippen LogP contribution >= 0.6 is 11.8 Å². The van der Waals surface area contributed by atoms with Gasteiger partial charge in [-0.3, -0.25) is 14.5 Å². The van der Waals surface area contributed by atoms with Crippen molar-refractivity contribution in [2.45, 2.75) is 18.4 Å². The predicted molar refractivity (Wildman–Crippen MR) is 59.0 cm³/mol. The molecule has 2 amide bonds. The molecule has 6 heteroatoms. The van der Waals surface area contributed by atoms with Gasteiger partial charge in [-0.2, -0.15) is 0 Å². The van der Waals surface area contributed by atoms with E-state index in [0.29, 0.717) is 37.6 Å². The number of aliphatic hydroxyl groups excluding tert-OH is 1. The molecule has 0 saturated carbocycles. The highest BCUT2D eigenvalue weighted by molar-refractivity contribution is 8.00. The van der Waals surface area contributed by atoms with Gasteiger partial charge in [-0.25, -0.2) is 0 Å². The maximum absolute atomic E-state index is 11.8. The SMILES string of the molecule is O=C1CSCC(=O)N1C1(CO)CCOCC1. The zero-order valence-electron chi connectivity index (χ0n) is 8.98. The number of hydrogen-bond donors (Lipinski definition) is 1. The molecule has 0 unspecified atom stereocenters. The largest absolute Gasteiger partial charge is 0.394 e. The third kappa shape index (κ3) is 1.97. The van der Waals surface area contributed by atoms with Crippen LogP contribution in [0.3, 0.4) is 0 Å². The Kier molecular flexibility index (Phi) is 3.51. The Labute approximate surface area is 98.1 Å². The average molecular weight is 245 g/mol. The van der Waals surface area contributed by atoms with Crippen molar-refractivity contribution in [3.05, 3.63) is 0 Å². The van der Waals surface area contributed by atoms with Gasteiger partial charge in [0.1, 0.15) is 0 Å². The van der Waals surface area contributed by atoms with E-state index in [0.717, 1.165) is 0 Å². The van der Waals surface area contributed by atoms with Gasteiger partial charge in [-0.15, -0.1) is 11.8 Å². The normalized spacial score (nSPS) is 25.9. The van der Waals surface area contributed by atoms with E-state index in [1.165, 1.54) is 16.7 Å². The molecule has 5 nitrogen and oxygen atoms in total. The van der Waals surface area contributed by atoms with Crippen molar-refractivity contribution < 1.29 is 19.4 Å². The molecule has 90 valence electrons. The Bertz CT molecular complexity index is 285. The Hall–Kier alpha value is -0.590. The lowest BCUT2D eigenvalue weighted by molar-refractivity contribution is -0.157. The molecule has 0 aromatic rings. The van der Waals surface area contributed by atoms with Crippen LogP contribution in [0.4, 0.5) is 0 Å². The predicted octanol–water partition coefficient (Wildman–Crippen LogP) is -0.370. The summed E-state index contributed by atoms with van der Waals surface area (Å²) in [6, 6.07) is 0. The van der Waals surface area contributed by atoms with Crippen LogP contribution in [0.1, 0.15) is 12.8 Å². The Morgan fingerprint density at radius 2 is 1.81 bits per heavy atom. The molecule has 2 aliphatic rings. The van der Waals surface area contributed by atoms with E-state index >= 15 is 0 Å². The lowest BCUT2D eigenvalue weighted by atomic mass is 9.88. The minimum absolute atomic E-state index is 0.168. The number of rotatable bonds is 2. The van der Waals surface area contributed by atoms with Crippen LogP contribution in [0.25, 0.3) is 0 Å². The number of aliphatic hydroxyl groups is 1. The summed E-state index contributed by atoms with van der Waals surface area (Å²) in [5.74, 6) is 0.289. The maximum atomic E-state index is 11.8. The highest BCUT2D eigenvalue weighted by Gasteiger charge is 2.45. The number of ether oxygens (including phenoxy) is 1. The molecule has 2 saturated heterocycles. The maximum Gasteiger partial charge on any atom is 0.239 e. The molecule has 1 N–H and O–H groups in total. The van der Waals surface area contributed by atoms with E-state index in [-0.39, 0.29) is 18.4 Å².